The van der Waals surface area contributed by atoms with Crippen molar-refractivity contribution in [3.05, 3.63) is 71.8 Å². The van der Waals surface area contributed by atoms with E-state index in [1.165, 1.54) is 24.0 Å². The van der Waals surface area contributed by atoms with Crippen molar-refractivity contribution >= 4 is 0 Å². The fourth-order valence-electron chi connectivity index (χ4n) is 2.58. The Balaban J connectivity index is 1.44. The molecule has 0 radical (unpaired) electrons. The van der Waals surface area contributed by atoms with Gasteiger partial charge in [0.15, 0.2) is 0 Å². The molecule has 22 heavy (non-hydrogen) atoms. The fraction of sp³-hybridized carbons (Fsp3) is 0.400. The smallest absolute Gasteiger partial charge is 0.0815 e. The molecule has 0 heterocycles. The standard InChI is InChI=1S/C20H24O2/c1-3-7-18(8-4-1)14-21-16-20(13-17-11-12-17)22-15-19-9-5-2-6-10-19/h1-10,17,20H,11-16H2. The van der Waals surface area contributed by atoms with Crippen molar-refractivity contribution in [3.8, 4) is 0 Å². The largest absolute Gasteiger partial charge is 0.374 e. The van der Waals surface area contributed by atoms with Gasteiger partial charge in [-0.25, -0.2) is 0 Å². The highest BCUT2D eigenvalue weighted by molar-refractivity contribution is 5.14. The van der Waals surface area contributed by atoms with E-state index in [0.29, 0.717) is 19.8 Å². The topological polar surface area (TPSA) is 18.5 Å². The first-order chi connectivity index (χ1) is 10.9. The van der Waals surface area contributed by atoms with Gasteiger partial charge in [-0.05, 0) is 23.5 Å². The molecular formula is C20H24O2. The molecule has 2 aromatic rings. The molecule has 1 unspecified atom stereocenters. The van der Waals surface area contributed by atoms with Crippen molar-refractivity contribution in [2.45, 2.75) is 38.6 Å². The molecular weight excluding hydrogens is 272 g/mol. The number of hydrogen-bond donors (Lipinski definition) is 0. The Hall–Kier alpha value is -1.64. The van der Waals surface area contributed by atoms with E-state index in [4.69, 9.17) is 9.47 Å². The van der Waals surface area contributed by atoms with Gasteiger partial charge in [0.2, 0.25) is 0 Å². The van der Waals surface area contributed by atoms with Crippen LogP contribution in [-0.4, -0.2) is 12.7 Å². The van der Waals surface area contributed by atoms with Crippen LogP contribution < -0.4 is 0 Å². The lowest BCUT2D eigenvalue weighted by molar-refractivity contribution is -0.0357. The number of rotatable bonds is 9. The molecule has 3 rings (SSSR count). The Kier molecular flexibility index (Phi) is 5.63. The maximum atomic E-state index is 6.09. The van der Waals surface area contributed by atoms with Gasteiger partial charge in [0.05, 0.1) is 25.9 Å². The van der Waals surface area contributed by atoms with Gasteiger partial charge in [0, 0.05) is 0 Å². The van der Waals surface area contributed by atoms with E-state index >= 15 is 0 Å². The average Bonchev–Trinajstić information content (AvgIpc) is 3.38. The third kappa shape index (κ3) is 5.28. The highest BCUT2D eigenvalue weighted by atomic mass is 16.5. The van der Waals surface area contributed by atoms with Crippen molar-refractivity contribution in [1.29, 1.82) is 0 Å². The van der Waals surface area contributed by atoms with Crippen molar-refractivity contribution in [1.82, 2.24) is 0 Å². The molecule has 0 spiro atoms. The lowest BCUT2D eigenvalue weighted by Gasteiger charge is -2.18. The van der Waals surface area contributed by atoms with Gasteiger partial charge in [0.1, 0.15) is 0 Å². The molecule has 0 bridgehead atoms. The Morgan fingerprint density at radius 2 is 1.41 bits per heavy atom. The van der Waals surface area contributed by atoms with Gasteiger partial charge in [-0.15, -0.1) is 0 Å². The van der Waals surface area contributed by atoms with Gasteiger partial charge >= 0.3 is 0 Å². The molecule has 116 valence electrons. The first-order valence-corrected chi connectivity index (χ1v) is 8.17. The molecule has 0 aromatic heterocycles. The lowest BCUT2D eigenvalue weighted by Crippen LogP contribution is -2.20. The Morgan fingerprint density at radius 3 is 2.00 bits per heavy atom. The minimum absolute atomic E-state index is 0.205. The van der Waals surface area contributed by atoms with E-state index in [-0.39, 0.29) is 6.10 Å². The molecule has 1 atom stereocenters. The summed E-state index contributed by atoms with van der Waals surface area (Å²) in [6.07, 6.45) is 4.03. The third-order valence-corrected chi connectivity index (χ3v) is 4.04. The molecule has 0 saturated heterocycles. The summed E-state index contributed by atoms with van der Waals surface area (Å²) >= 11 is 0. The quantitative estimate of drug-likeness (QED) is 0.674. The SMILES string of the molecule is c1ccc(COCC(CC2CC2)OCc2ccccc2)cc1. The number of ether oxygens (including phenoxy) is 2. The monoisotopic (exact) mass is 296 g/mol. The fourth-order valence-corrected chi connectivity index (χ4v) is 2.58. The summed E-state index contributed by atoms with van der Waals surface area (Å²) < 4.78 is 12.0. The predicted molar refractivity (Wildman–Crippen MR) is 88.5 cm³/mol. The molecule has 2 heteroatoms. The maximum absolute atomic E-state index is 6.09. The van der Waals surface area contributed by atoms with Crippen molar-refractivity contribution in [2.24, 2.45) is 5.92 Å². The number of hydrogen-bond acceptors (Lipinski definition) is 2. The van der Waals surface area contributed by atoms with Gasteiger partial charge in [-0.1, -0.05) is 73.5 Å². The van der Waals surface area contributed by atoms with E-state index in [2.05, 4.69) is 36.4 Å². The summed E-state index contributed by atoms with van der Waals surface area (Å²) in [4.78, 5) is 0. The van der Waals surface area contributed by atoms with Crippen molar-refractivity contribution in [3.63, 3.8) is 0 Å². The summed E-state index contributed by atoms with van der Waals surface area (Å²) in [6, 6.07) is 20.7. The molecule has 1 fully saturated rings. The Bertz CT molecular complexity index is 534. The maximum Gasteiger partial charge on any atom is 0.0815 e. The number of benzene rings is 2. The second-order valence-electron chi connectivity index (χ2n) is 6.10. The zero-order valence-electron chi connectivity index (χ0n) is 13.0. The van der Waals surface area contributed by atoms with Crippen molar-refractivity contribution in [2.75, 3.05) is 6.61 Å². The average molecular weight is 296 g/mol. The third-order valence-electron chi connectivity index (χ3n) is 4.04. The minimum Gasteiger partial charge on any atom is -0.374 e. The van der Waals surface area contributed by atoms with Crippen LogP contribution in [0, 0.1) is 5.92 Å². The van der Waals surface area contributed by atoms with Crippen LogP contribution in [0.2, 0.25) is 0 Å². The summed E-state index contributed by atoms with van der Waals surface area (Å²) in [5, 5.41) is 0. The summed E-state index contributed by atoms with van der Waals surface area (Å²) in [5.41, 5.74) is 2.45. The van der Waals surface area contributed by atoms with Gasteiger partial charge < -0.3 is 9.47 Å². The van der Waals surface area contributed by atoms with Crippen LogP contribution in [0.3, 0.4) is 0 Å². The van der Waals surface area contributed by atoms with Gasteiger partial charge in [-0.2, -0.15) is 0 Å². The van der Waals surface area contributed by atoms with Crippen LogP contribution in [0.4, 0.5) is 0 Å². The molecule has 2 nitrogen and oxygen atoms in total. The highest BCUT2D eigenvalue weighted by Crippen LogP contribution is 2.34. The second kappa shape index (κ2) is 8.11. The predicted octanol–water partition coefficient (Wildman–Crippen LogP) is 4.59. The lowest BCUT2D eigenvalue weighted by atomic mass is 10.2. The van der Waals surface area contributed by atoms with Crippen LogP contribution >= 0.6 is 0 Å². The van der Waals surface area contributed by atoms with Crippen LogP contribution in [0.25, 0.3) is 0 Å². The zero-order valence-corrected chi connectivity index (χ0v) is 13.0. The molecule has 2 aromatic carbocycles. The first-order valence-electron chi connectivity index (χ1n) is 8.17. The van der Waals surface area contributed by atoms with E-state index in [1.54, 1.807) is 0 Å². The van der Waals surface area contributed by atoms with E-state index in [0.717, 1.165) is 12.3 Å². The van der Waals surface area contributed by atoms with Crippen LogP contribution in [0.1, 0.15) is 30.4 Å². The van der Waals surface area contributed by atoms with Crippen LogP contribution in [0.15, 0.2) is 60.7 Å². The van der Waals surface area contributed by atoms with E-state index in [1.807, 2.05) is 24.3 Å². The molecule has 1 saturated carbocycles. The molecule has 0 N–H and O–H groups in total. The molecule has 0 aliphatic heterocycles. The summed E-state index contributed by atoms with van der Waals surface area (Å²) in [5.74, 6) is 0.848. The normalized spacial score (nSPS) is 15.6. The first kappa shape index (κ1) is 15.3. The van der Waals surface area contributed by atoms with Crippen LogP contribution in [0.5, 0.6) is 0 Å². The van der Waals surface area contributed by atoms with Gasteiger partial charge in [0.25, 0.3) is 0 Å². The van der Waals surface area contributed by atoms with E-state index in [9.17, 15) is 0 Å². The Morgan fingerprint density at radius 1 is 0.818 bits per heavy atom. The minimum atomic E-state index is 0.205. The molecule has 1 aliphatic rings. The zero-order chi connectivity index (χ0) is 15.0. The highest BCUT2D eigenvalue weighted by Gasteiger charge is 2.26. The van der Waals surface area contributed by atoms with Crippen molar-refractivity contribution < 1.29 is 9.47 Å². The summed E-state index contributed by atoms with van der Waals surface area (Å²) in [7, 11) is 0. The molecule has 0 amide bonds. The second-order valence-corrected chi connectivity index (χ2v) is 6.10. The van der Waals surface area contributed by atoms with Gasteiger partial charge in [-0.3, -0.25) is 0 Å². The Labute approximate surface area is 133 Å². The molecule has 1 aliphatic carbocycles. The van der Waals surface area contributed by atoms with E-state index < -0.39 is 0 Å². The van der Waals surface area contributed by atoms with Crippen LogP contribution in [-0.2, 0) is 22.7 Å². The summed E-state index contributed by atoms with van der Waals surface area (Å²) in [6.45, 7) is 2.02.